The van der Waals surface area contributed by atoms with E-state index in [1.54, 1.807) is 0 Å². The van der Waals surface area contributed by atoms with Crippen molar-refractivity contribution in [2.24, 2.45) is 0 Å². The lowest BCUT2D eigenvalue weighted by molar-refractivity contribution is -0.275. The fourth-order valence-corrected chi connectivity index (χ4v) is 5.18. The van der Waals surface area contributed by atoms with Gasteiger partial charge in [0.1, 0.15) is 23.0 Å². The Bertz CT molecular complexity index is 2070. The van der Waals surface area contributed by atoms with Gasteiger partial charge in [-0.2, -0.15) is 0 Å². The maximum Gasteiger partial charge on any atom is 0.573 e. The molecule has 16 heteroatoms. The van der Waals surface area contributed by atoms with Crippen LogP contribution in [0.1, 0.15) is 99.3 Å². The van der Waals surface area contributed by atoms with E-state index in [1.165, 1.54) is 97.1 Å². The van der Waals surface area contributed by atoms with Gasteiger partial charge < -0.3 is 18.9 Å². The Hall–Kier alpha value is -6.52. The van der Waals surface area contributed by atoms with Gasteiger partial charge in [-0.25, -0.2) is 0 Å². The first-order valence-corrected chi connectivity index (χ1v) is 19.6. The molecule has 0 bridgehead atoms. The van der Waals surface area contributed by atoms with Gasteiger partial charge in [-0.05, 0) is 123 Å². The first kappa shape index (κ1) is 51.8. The molecule has 0 atom stereocenters. The molecule has 0 aromatic heterocycles. The summed E-state index contributed by atoms with van der Waals surface area (Å²) in [5.41, 5.74) is 2.47. The van der Waals surface area contributed by atoms with Gasteiger partial charge in [0.15, 0.2) is 0 Å². The van der Waals surface area contributed by atoms with Crippen molar-refractivity contribution in [1.29, 1.82) is 0 Å². The minimum absolute atomic E-state index is 0.272. The second-order valence-corrected chi connectivity index (χ2v) is 13.3. The Morgan fingerprint density at radius 1 is 0.266 bits per heavy atom. The zero-order chi connectivity index (χ0) is 46.9. The van der Waals surface area contributed by atoms with Crippen molar-refractivity contribution in [3.05, 3.63) is 119 Å². The van der Waals surface area contributed by atoms with E-state index in [-0.39, 0.29) is 23.0 Å². The van der Waals surface area contributed by atoms with E-state index in [1.807, 2.05) is 0 Å². The van der Waals surface area contributed by atoms with E-state index in [4.69, 9.17) is 0 Å². The molecule has 0 aliphatic rings. The Morgan fingerprint density at radius 2 is 0.438 bits per heavy atom. The minimum Gasteiger partial charge on any atom is -0.406 e. The quantitative estimate of drug-likeness (QED) is 0.0718. The average Bonchev–Trinajstić information content (AvgIpc) is 3.20. The standard InChI is InChI=1S/C25H22F6O2.C23H18F6O2/c26-24(27,28)32-22-16-12-20(13-17-22)10-8-6-4-2-1-3-5-7-9-11-21-14-18-23(19-15-21)33-25(29,30)31;24-22(25,26)30-20-14-10-18(11-15-20)8-6-4-2-1-3-5-7-9-19-12-16-21(17-13-19)31-23(27,28)29/h12-19H,1-7H2;10-17H,1-5H2. The van der Waals surface area contributed by atoms with Crippen molar-refractivity contribution in [3.8, 4) is 70.4 Å². The number of unbranched alkanes of at least 4 members (excludes halogenated alkanes) is 10. The molecular weight excluding hydrogens is 868 g/mol. The highest BCUT2D eigenvalue weighted by Crippen LogP contribution is 2.26. The highest BCUT2D eigenvalue weighted by atomic mass is 19.4. The molecule has 0 saturated carbocycles. The molecule has 4 aromatic carbocycles. The van der Waals surface area contributed by atoms with Gasteiger partial charge in [-0.3, -0.25) is 0 Å². The summed E-state index contributed by atoms with van der Waals surface area (Å²) < 4.78 is 160. The molecule has 64 heavy (non-hydrogen) atoms. The van der Waals surface area contributed by atoms with E-state index in [9.17, 15) is 52.7 Å². The largest absolute Gasteiger partial charge is 0.573 e. The van der Waals surface area contributed by atoms with Crippen LogP contribution in [0.3, 0.4) is 0 Å². The molecule has 0 saturated heterocycles. The molecule has 0 fully saturated rings. The molecule has 340 valence electrons. The fourth-order valence-electron chi connectivity index (χ4n) is 5.18. The van der Waals surface area contributed by atoms with Crippen molar-refractivity contribution in [2.45, 2.75) is 102 Å². The highest BCUT2D eigenvalue weighted by molar-refractivity contribution is 5.41. The molecule has 0 amide bonds. The summed E-state index contributed by atoms with van der Waals surface area (Å²) in [7, 11) is 0. The number of benzene rings is 4. The third kappa shape index (κ3) is 26.1. The molecule has 4 aromatic rings. The molecule has 4 nitrogen and oxygen atoms in total. The first-order chi connectivity index (χ1) is 30.2. The van der Waals surface area contributed by atoms with Crippen LogP contribution in [0.2, 0.25) is 0 Å². The summed E-state index contributed by atoms with van der Waals surface area (Å²) in [6.45, 7) is 0. The lowest BCUT2D eigenvalue weighted by atomic mass is 10.1. The van der Waals surface area contributed by atoms with Gasteiger partial charge in [0.2, 0.25) is 0 Å². The molecule has 4 rings (SSSR count). The van der Waals surface area contributed by atoms with E-state index in [2.05, 4.69) is 66.3 Å². The highest BCUT2D eigenvalue weighted by Gasteiger charge is 2.33. The summed E-state index contributed by atoms with van der Waals surface area (Å²) in [6, 6.07) is 21.6. The Balaban J connectivity index is 0.000000341. The minimum atomic E-state index is -4.71. The Morgan fingerprint density at radius 3 is 0.625 bits per heavy atom. The van der Waals surface area contributed by atoms with Gasteiger partial charge in [-0.15, -0.1) is 52.7 Å². The van der Waals surface area contributed by atoms with Crippen LogP contribution in [0.5, 0.6) is 23.0 Å². The molecule has 0 unspecified atom stereocenters. The fraction of sp³-hybridized carbons (Fsp3) is 0.333. The number of hydrogen-bond donors (Lipinski definition) is 0. The van der Waals surface area contributed by atoms with Crippen LogP contribution >= 0.6 is 0 Å². The third-order valence-electron chi connectivity index (χ3n) is 7.99. The summed E-state index contributed by atoms with van der Waals surface area (Å²) in [5, 5.41) is 0. The van der Waals surface area contributed by atoms with Gasteiger partial charge in [0, 0.05) is 47.9 Å². The van der Waals surface area contributed by atoms with Gasteiger partial charge >= 0.3 is 25.4 Å². The Labute approximate surface area is 363 Å². The van der Waals surface area contributed by atoms with Crippen LogP contribution in [0.25, 0.3) is 0 Å². The average molecular weight is 909 g/mol. The van der Waals surface area contributed by atoms with Crippen LogP contribution in [0.4, 0.5) is 52.7 Å². The number of alkyl halides is 12. The van der Waals surface area contributed by atoms with Crippen molar-refractivity contribution in [3.63, 3.8) is 0 Å². The van der Waals surface area contributed by atoms with Crippen LogP contribution < -0.4 is 18.9 Å². The van der Waals surface area contributed by atoms with Crippen LogP contribution in [-0.4, -0.2) is 25.4 Å². The molecule has 0 N–H and O–H groups in total. The van der Waals surface area contributed by atoms with Crippen LogP contribution in [0, 0.1) is 47.4 Å². The maximum atomic E-state index is 12.1. The maximum absolute atomic E-state index is 12.1. The summed E-state index contributed by atoms with van der Waals surface area (Å²) in [4.78, 5) is 0. The van der Waals surface area contributed by atoms with Crippen LogP contribution in [0.15, 0.2) is 97.1 Å². The number of hydrogen-bond acceptors (Lipinski definition) is 4. The SMILES string of the molecule is FC(F)(F)Oc1ccc(C#CCCCCCC#Cc2ccc(OC(F)(F)F)cc2)cc1.FC(F)(F)Oc1ccc(C#CCCCCCCCC#Cc2ccc(OC(F)(F)F)cc2)cc1. The zero-order valence-corrected chi connectivity index (χ0v) is 33.9. The molecule has 0 radical (unpaired) electrons. The molecule has 0 heterocycles. The summed E-state index contributed by atoms with van der Waals surface area (Å²) >= 11 is 0. The Kier molecular flexibility index (Phi) is 21.2. The monoisotopic (exact) mass is 908 g/mol. The van der Waals surface area contributed by atoms with Crippen molar-refractivity contribution < 1.29 is 71.6 Å². The van der Waals surface area contributed by atoms with Crippen molar-refractivity contribution in [2.75, 3.05) is 0 Å². The van der Waals surface area contributed by atoms with Gasteiger partial charge in [0.05, 0.1) is 0 Å². The van der Waals surface area contributed by atoms with Crippen LogP contribution in [-0.2, 0) is 0 Å². The van der Waals surface area contributed by atoms with E-state index >= 15 is 0 Å². The van der Waals surface area contributed by atoms with E-state index < -0.39 is 25.4 Å². The second kappa shape index (κ2) is 26.2. The summed E-state index contributed by atoms with van der Waals surface area (Å²) in [6.07, 6.45) is -8.59. The summed E-state index contributed by atoms with van der Waals surface area (Å²) in [5.74, 6) is 22.4. The lowest BCUT2D eigenvalue weighted by Crippen LogP contribution is -2.16. The van der Waals surface area contributed by atoms with Gasteiger partial charge in [0.25, 0.3) is 0 Å². The van der Waals surface area contributed by atoms with Crippen molar-refractivity contribution >= 4 is 0 Å². The number of halogens is 12. The lowest BCUT2D eigenvalue weighted by Gasteiger charge is -2.08. The second-order valence-electron chi connectivity index (χ2n) is 13.3. The molecular formula is C48H40F12O4. The van der Waals surface area contributed by atoms with Crippen molar-refractivity contribution in [1.82, 2.24) is 0 Å². The van der Waals surface area contributed by atoms with Gasteiger partial charge in [-0.1, -0.05) is 73.0 Å². The zero-order valence-electron chi connectivity index (χ0n) is 33.9. The first-order valence-electron chi connectivity index (χ1n) is 19.6. The molecule has 0 aliphatic carbocycles. The number of rotatable bonds is 14. The predicted molar refractivity (Wildman–Crippen MR) is 215 cm³/mol. The smallest absolute Gasteiger partial charge is 0.406 e. The van der Waals surface area contributed by atoms with E-state index in [0.717, 1.165) is 51.4 Å². The topological polar surface area (TPSA) is 36.9 Å². The predicted octanol–water partition coefficient (Wildman–Crippen LogP) is 14.5. The molecule has 0 spiro atoms. The number of ether oxygens (including phenoxy) is 4. The normalized spacial score (nSPS) is 11.1. The van der Waals surface area contributed by atoms with E-state index in [0.29, 0.717) is 47.9 Å². The third-order valence-corrected chi connectivity index (χ3v) is 7.99. The molecule has 0 aliphatic heterocycles.